The fourth-order valence-corrected chi connectivity index (χ4v) is 6.02. The number of carbonyl (C=O) groups excluding carboxylic acids is 1. The van der Waals surface area contributed by atoms with E-state index in [0.717, 1.165) is 35.2 Å². The van der Waals surface area contributed by atoms with E-state index in [9.17, 15) is 9.59 Å². The monoisotopic (exact) mass is 413 g/mol. The van der Waals surface area contributed by atoms with Gasteiger partial charge in [0.25, 0.3) is 5.56 Å². The number of para-hydroxylation sites is 1. The van der Waals surface area contributed by atoms with Gasteiger partial charge in [0.05, 0.1) is 16.3 Å². The molecule has 1 amide bonds. The number of aromatic nitrogens is 2. The van der Waals surface area contributed by atoms with Gasteiger partial charge in [-0.05, 0) is 50.3 Å². The molecular weight excluding hydrogens is 390 g/mol. The predicted octanol–water partition coefficient (Wildman–Crippen LogP) is 3.89. The molecule has 146 valence electrons. The van der Waals surface area contributed by atoms with Crippen molar-refractivity contribution in [3.05, 3.63) is 51.1 Å². The van der Waals surface area contributed by atoms with E-state index >= 15 is 0 Å². The van der Waals surface area contributed by atoms with E-state index in [1.54, 1.807) is 34.9 Å². The summed E-state index contributed by atoms with van der Waals surface area (Å²) in [5.41, 5.74) is 1.94. The molecule has 1 unspecified atom stereocenters. The summed E-state index contributed by atoms with van der Waals surface area (Å²) in [6, 6.07) is 9.58. The number of hydrogen-bond acceptors (Lipinski definition) is 5. The van der Waals surface area contributed by atoms with Gasteiger partial charge in [0.2, 0.25) is 5.91 Å². The molecule has 0 aliphatic heterocycles. The lowest BCUT2D eigenvalue weighted by Gasteiger charge is -2.18. The van der Waals surface area contributed by atoms with Crippen LogP contribution < -0.4 is 5.56 Å². The molecule has 5 nitrogen and oxygen atoms in total. The smallest absolute Gasteiger partial charge is 0.267 e. The van der Waals surface area contributed by atoms with Crippen LogP contribution in [-0.2, 0) is 17.6 Å². The first-order chi connectivity index (χ1) is 13.5. The van der Waals surface area contributed by atoms with E-state index in [0.29, 0.717) is 5.16 Å². The highest BCUT2D eigenvalue weighted by atomic mass is 32.2. The maximum atomic E-state index is 13.6. The Morgan fingerprint density at radius 3 is 2.64 bits per heavy atom. The molecule has 4 rings (SSSR count). The molecule has 7 heteroatoms. The van der Waals surface area contributed by atoms with Crippen molar-refractivity contribution in [2.45, 2.75) is 43.0 Å². The van der Waals surface area contributed by atoms with Gasteiger partial charge < -0.3 is 4.90 Å². The number of fused-ring (bicyclic) bond motifs is 3. The first-order valence-corrected chi connectivity index (χ1v) is 11.2. The molecule has 0 N–H and O–H groups in total. The quantitative estimate of drug-likeness (QED) is 0.481. The van der Waals surface area contributed by atoms with E-state index in [4.69, 9.17) is 4.98 Å². The van der Waals surface area contributed by atoms with Crippen LogP contribution in [0.4, 0.5) is 0 Å². The molecule has 0 bridgehead atoms. The fraction of sp³-hybridized carbons (Fsp3) is 0.381. The summed E-state index contributed by atoms with van der Waals surface area (Å²) in [6.45, 7) is 1.86. The first-order valence-electron chi connectivity index (χ1n) is 9.48. The molecule has 0 radical (unpaired) electrons. The van der Waals surface area contributed by atoms with Gasteiger partial charge >= 0.3 is 0 Å². The Morgan fingerprint density at radius 1 is 1.21 bits per heavy atom. The zero-order valence-electron chi connectivity index (χ0n) is 16.3. The molecule has 28 heavy (non-hydrogen) atoms. The normalized spacial score (nSPS) is 14.7. The molecule has 0 saturated heterocycles. The van der Waals surface area contributed by atoms with Crippen LogP contribution in [0, 0.1) is 0 Å². The standard InChI is InChI=1S/C21H23N3O2S2/c1-13(19(25)23(2)3)27-21-22-18-17(15-11-7-8-12-16(15)28-18)20(26)24(21)14-9-5-4-6-10-14/h4-6,9-10,13H,7-8,11-12H2,1-3H3. The second-order valence-electron chi connectivity index (χ2n) is 7.25. The van der Waals surface area contributed by atoms with Crippen molar-refractivity contribution >= 4 is 39.2 Å². The number of aryl methyl sites for hydroxylation is 2. The minimum absolute atomic E-state index is 0.00410. The zero-order chi connectivity index (χ0) is 19.8. The summed E-state index contributed by atoms with van der Waals surface area (Å²) >= 11 is 2.98. The fourth-order valence-electron chi connectivity index (χ4n) is 3.64. The van der Waals surface area contributed by atoms with Crippen LogP contribution in [0.5, 0.6) is 0 Å². The molecule has 2 heterocycles. The van der Waals surface area contributed by atoms with Gasteiger partial charge in [0.1, 0.15) is 4.83 Å². The van der Waals surface area contributed by atoms with E-state index in [2.05, 4.69) is 0 Å². The summed E-state index contributed by atoms with van der Waals surface area (Å²) in [5, 5.41) is 1.01. The molecule has 0 saturated carbocycles. The third-order valence-corrected chi connectivity index (χ3v) is 7.27. The molecule has 3 aromatic rings. The molecule has 0 fully saturated rings. The largest absolute Gasteiger partial charge is 0.348 e. The number of thiophene rings is 1. The summed E-state index contributed by atoms with van der Waals surface area (Å²) in [7, 11) is 3.49. The Kier molecular flexibility index (Phi) is 5.29. The highest BCUT2D eigenvalue weighted by Crippen LogP contribution is 2.35. The van der Waals surface area contributed by atoms with Crippen LogP contribution in [0.3, 0.4) is 0 Å². The van der Waals surface area contributed by atoms with E-state index in [1.165, 1.54) is 28.6 Å². The minimum Gasteiger partial charge on any atom is -0.348 e. The van der Waals surface area contributed by atoms with E-state index in [-0.39, 0.29) is 16.7 Å². The van der Waals surface area contributed by atoms with E-state index < -0.39 is 0 Å². The lowest BCUT2D eigenvalue weighted by atomic mass is 9.97. The third kappa shape index (κ3) is 3.37. The summed E-state index contributed by atoms with van der Waals surface area (Å²) in [4.78, 5) is 34.5. The van der Waals surface area contributed by atoms with Crippen molar-refractivity contribution in [1.29, 1.82) is 0 Å². The van der Waals surface area contributed by atoms with E-state index in [1.807, 2.05) is 37.3 Å². The van der Waals surface area contributed by atoms with Crippen molar-refractivity contribution in [3.8, 4) is 5.69 Å². The lowest BCUT2D eigenvalue weighted by Crippen LogP contribution is -2.31. The Bertz CT molecular complexity index is 1090. The summed E-state index contributed by atoms with van der Waals surface area (Å²) in [6.07, 6.45) is 4.26. The second-order valence-corrected chi connectivity index (χ2v) is 9.65. The van der Waals surface area contributed by atoms with Crippen molar-refractivity contribution in [3.63, 3.8) is 0 Å². The zero-order valence-corrected chi connectivity index (χ0v) is 17.9. The van der Waals surface area contributed by atoms with Crippen molar-refractivity contribution < 1.29 is 4.79 Å². The SMILES string of the molecule is CC(Sc1nc2sc3c(c2c(=O)n1-c1ccccc1)CCCC3)C(=O)N(C)C. The van der Waals surface area contributed by atoms with Gasteiger partial charge in [-0.25, -0.2) is 4.98 Å². The maximum absolute atomic E-state index is 13.6. The molecule has 1 aliphatic carbocycles. The third-order valence-electron chi connectivity index (χ3n) is 5.04. The topological polar surface area (TPSA) is 55.2 Å². The number of carbonyl (C=O) groups is 1. The highest BCUT2D eigenvalue weighted by Gasteiger charge is 2.25. The number of nitrogens with zero attached hydrogens (tertiary/aromatic N) is 3. The number of rotatable bonds is 4. The van der Waals surface area contributed by atoms with Crippen LogP contribution in [0.2, 0.25) is 0 Å². The molecule has 0 spiro atoms. The summed E-state index contributed by atoms with van der Waals surface area (Å²) in [5.74, 6) is 0.00410. The number of thioether (sulfide) groups is 1. The average molecular weight is 414 g/mol. The maximum Gasteiger partial charge on any atom is 0.267 e. The molecule has 1 aliphatic rings. The van der Waals surface area contributed by atoms with Crippen LogP contribution in [0.1, 0.15) is 30.2 Å². The Labute approximate surface area is 172 Å². The lowest BCUT2D eigenvalue weighted by molar-refractivity contribution is -0.127. The Morgan fingerprint density at radius 2 is 1.93 bits per heavy atom. The van der Waals surface area contributed by atoms with Crippen LogP contribution in [0.15, 0.2) is 40.3 Å². The Hall–Kier alpha value is -2.12. The molecule has 1 atom stereocenters. The Balaban J connectivity index is 1.92. The second kappa shape index (κ2) is 7.72. The highest BCUT2D eigenvalue weighted by molar-refractivity contribution is 8.00. The summed E-state index contributed by atoms with van der Waals surface area (Å²) < 4.78 is 1.67. The van der Waals surface area contributed by atoms with Crippen molar-refractivity contribution in [2.24, 2.45) is 0 Å². The number of hydrogen-bond donors (Lipinski definition) is 0. The van der Waals surface area contributed by atoms with Gasteiger partial charge in [-0.3, -0.25) is 14.2 Å². The average Bonchev–Trinajstić information content (AvgIpc) is 3.06. The first kappa shape index (κ1) is 19.2. The molecular formula is C21H23N3O2S2. The molecule has 2 aromatic heterocycles. The van der Waals surface area contributed by atoms with Crippen LogP contribution in [-0.4, -0.2) is 39.7 Å². The van der Waals surface area contributed by atoms with Gasteiger partial charge in [0, 0.05) is 19.0 Å². The van der Waals surface area contributed by atoms with Gasteiger partial charge in [-0.2, -0.15) is 0 Å². The van der Waals surface area contributed by atoms with Crippen LogP contribution in [0.25, 0.3) is 15.9 Å². The number of benzene rings is 1. The minimum atomic E-state index is -0.330. The van der Waals surface area contributed by atoms with Crippen LogP contribution >= 0.6 is 23.1 Å². The number of amides is 1. The van der Waals surface area contributed by atoms with Crippen molar-refractivity contribution in [2.75, 3.05) is 14.1 Å². The van der Waals surface area contributed by atoms with Gasteiger partial charge in [-0.1, -0.05) is 30.0 Å². The van der Waals surface area contributed by atoms with Gasteiger partial charge in [0.15, 0.2) is 5.16 Å². The predicted molar refractivity (Wildman–Crippen MR) is 116 cm³/mol. The molecule has 1 aromatic carbocycles. The van der Waals surface area contributed by atoms with Crippen molar-refractivity contribution in [1.82, 2.24) is 14.5 Å². The van der Waals surface area contributed by atoms with Gasteiger partial charge in [-0.15, -0.1) is 11.3 Å².